The Morgan fingerprint density at radius 2 is 0.923 bits per heavy atom. The number of fused-ring (bicyclic) bond motifs is 5. The van der Waals surface area contributed by atoms with Crippen LogP contribution in [-0.2, 0) is 0 Å². The zero-order valence-corrected chi connectivity index (χ0v) is 21.8. The van der Waals surface area contributed by atoms with Crippen LogP contribution in [0, 0.1) is 0 Å². The molecule has 3 heteroatoms. The summed E-state index contributed by atoms with van der Waals surface area (Å²) in [6.45, 7) is 0. The maximum atomic E-state index is 5.21. The van der Waals surface area contributed by atoms with E-state index in [0.717, 1.165) is 33.2 Å². The number of hydrogen-bond acceptors (Lipinski definition) is 3. The summed E-state index contributed by atoms with van der Waals surface area (Å²) in [6.07, 6.45) is 0. The molecule has 7 aromatic rings. The van der Waals surface area contributed by atoms with Crippen molar-refractivity contribution < 1.29 is 0 Å². The van der Waals surface area contributed by atoms with Crippen molar-refractivity contribution in [3.05, 3.63) is 133 Å². The van der Waals surface area contributed by atoms with Gasteiger partial charge in [-0.3, -0.25) is 0 Å². The minimum atomic E-state index is 0.762. The molecule has 182 valence electrons. The monoisotopic (exact) mass is 514 g/mol. The van der Waals surface area contributed by atoms with Crippen molar-refractivity contribution in [3.8, 4) is 66.6 Å². The fourth-order valence-corrected chi connectivity index (χ4v) is 6.92. The summed E-state index contributed by atoms with van der Waals surface area (Å²) in [5, 5.41) is 1.28. The van der Waals surface area contributed by atoms with Crippen LogP contribution in [0.5, 0.6) is 0 Å². The van der Waals surface area contributed by atoms with Gasteiger partial charge in [-0.1, -0.05) is 121 Å². The van der Waals surface area contributed by atoms with Gasteiger partial charge in [-0.25, -0.2) is 9.97 Å². The molecule has 1 aliphatic rings. The van der Waals surface area contributed by atoms with Gasteiger partial charge in [-0.15, -0.1) is 11.3 Å². The minimum Gasteiger partial charge on any atom is -0.227 e. The zero-order valence-electron chi connectivity index (χ0n) is 21.0. The fraction of sp³-hybridized carbons (Fsp3) is 0. The molecule has 0 amide bonds. The van der Waals surface area contributed by atoms with E-state index in [4.69, 9.17) is 9.97 Å². The summed E-state index contributed by atoms with van der Waals surface area (Å²) >= 11 is 1.79. The van der Waals surface area contributed by atoms with E-state index in [2.05, 4.69) is 121 Å². The first-order chi connectivity index (χ1) is 19.3. The number of aromatic nitrogens is 2. The highest BCUT2D eigenvalue weighted by atomic mass is 32.1. The van der Waals surface area contributed by atoms with Gasteiger partial charge in [-0.05, 0) is 39.9 Å². The van der Waals surface area contributed by atoms with Gasteiger partial charge in [0.05, 0.1) is 16.3 Å². The first-order valence-corrected chi connectivity index (χ1v) is 13.9. The Kier molecular flexibility index (Phi) is 5.04. The Morgan fingerprint density at radius 1 is 0.436 bits per heavy atom. The molecular weight excluding hydrogens is 492 g/mol. The maximum Gasteiger partial charge on any atom is 0.171 e. The molecule has 0 saturated carbocycles. The van der Waals surface area contributed by atoms with E-state index in [9.17, 15) is 0 Å². The molecule has 2 aromatic heterocycles. The van der Waals surface area contributed by atoms with Gasteiger partial charge in [0.15, 0.2) is 5.82 Å². The smallest absolute Gasteiger partial charge is 0.171 e. The molecule has 0 atom stereocenters. The Morgan fingerprint density at radius 3 is 1.54 bits per heavy atom. The number of nitrogens with zero attached hydrogens (tertiary/aromatic N) is 2. The van der Waals surface area contributed by atoms with E-state index in [1.165, 1.54) is 43.5 Å². The third-order valence-corrected chi connectivity index (χ3v) is 8.64. The first kappa shape index (κ1) is 22.2. The SMILES string of the molecule is c1ccc(-c2cc(-c3ccccc3)nc(-c3sc4cccc5c4c3-c3ccccc3-c3ccccc3-5)n2)cc1. The van der Waals surface area contributed by atoms with Crippen LogP contribution in [0.15, 0.2) is 133 Å². The molecule has 2 nitrogen and oxygen atoms in total. The second kappa shape index (κ2) is 8.87. The minimum absolute atomic E-state index is 0.762. The molecule has 0 unspecified atom stereocenters. The molecule has 0 radical (unpaired) electrons. The largest absolute Gasteiger partial charge is 0.227 e. The van der Waals surface area contributed by atoms with Crippen LogP contribution in [0.2, 0.25) is 0 Å². The van der Waals surface area contributed by atoms with Crippen LogP contribution in [0.3, 0.4) is 0 Å². The molecule has 0 fully saturated rings. The summed E-state index contributed by atoms with van der Waals surface area (Å²) in [5.41, 5.74) is 11.5. The summed E-state index contributed by atoms with van der Waals surface area (Å²) in [7, 11) is 0. The van der Waals surface area contributed by atoms with Crippen molar-refractivity contribution in [3.63, 3.8) is 0 Å². The lowest BCUT2D eigenvalue weighted by atomic mass is 9.94. The van der Waals surface area contributed by atoms with Gasteiger partial charge in [-0.2, -0.15) is 0 Å². The molecule has 5 aromatic carbocycles. The average Bonchev–Trinajstić information content (AvgIpc) is 3.36. The van der Waals surface area contributed by atoms with Gasteiger partial charge >= 0.3 is 0 Å². The van der Waals surface area contributed by atoms with Crippen LogP contribution in [0.1, 0.15) is 0 Å². The van der Waals surface area contributed by atoms with Crippen LogP contribution in [0.4, 0.5) is 0 Å². The molecule has 2 heterocycles. The van der Waals surface area contributed by atoms with E-state index in [0.29, 0.717) is 0 Å². The van der Waals surface area contributed by atoms with E-state index >= 15 is 0 Å². The quantitative estimate of drug-likeness (QED) is 0.234. The maximum absolute atomic E-state index is 5.21. The average molecular weight is 515 g/mol. The molecule has 0 bridgehead atoms. The predicted molar refractivity (Wildman–Crippen MR) is 164 cm³/mol. The summed E-state index contributed by atoms with van der Waals surface area (Å²) in [4.78, 5) is 11.5. The third-order valence-electron chi connectivity index (χ3n) is 7.49. The fourth-order valence-electron chi connectivity index (χ4n) is 5.74. The molecule has 1 aliphatic carbocycles. The zero-order chi connectivity index (χ0) is 25.8. The lowest BCUT2D eigenvalue weighted by molar-refractivity contribution is 1.19. The highest BCUT2D eigenvalue weighted by molar-refractivity contribution is 7.23. The Hall–Kier alpha value is -4.86. The topological polar surface area (TPSA) is 25.8 Å². The lowest BCUT2D eigenvalue weighted by Crippen LogP contribution is -1.96. The summed E-state index contributed by atoms with van der Waals surface area (Å²) in [5.74, 6) is 0.762. The van der Waals surface area contributed by atoms with Crippen LogP contribution < -0.4 is 0 Å². The Balaban J connectivity index is 1.48. The number of rotatable bonds is 3. The first-order valence-electron chi connectivity index (χ1n) is 13.1. The molecular formula is C36H22N2S. The van der Waals surface area contributed by atoms with E-state index in [-0.39, 0.29) is 0 Å². The number of benzene rings is 5. The van der Waals surface area contributed by atoms with Crippen molar-refractivity contribution in [2.75, 3.05) is 0 Å². The van der Waals surface area contributed by atoms with Crippen molar-refractivity contribution in [1.29, 1.82) is 0 Å². The summed E-state index contributed by atoms with van der Waals surface area (Å²) < 4.78 is 1.25. The molecule has 0 saturated heterocycles. The number of thiophene rings is 1. The van der Waals surface area contributed by atoms with E-state index < -0.39 is 0 Å². The van der Waals surface area contributed by atoms with Crippen molar-refractivity contribution in [2.45, 2.75) is 0 Å². The van der Waals surface area contributed by atoms with Crippen molar-refractivity contribution >= 4 is 21.4 Å². The molecule has 0 aliphatic heterocycles. The highest BCUT2D eigenvalue weighted by Crippen LogP contribution is 2.53. The highest BCUT2D eigenvalue weighted by Gasteiger charge is 2.27. The van der Waals surface area contributed by atoms with Gasteiger partial charge in [0.2, 0.25) is 0 Å². The van der Waals surface area contributed by atoms with Crippen molar-refractivity contribution in [2.24, 2.45) is 0 Å². The summed E-state index contributed by atoms with van der Waals surface area (Å²) in [6, 6.07) is 47.1. The number of hydrogen-bond donors (Lipinski definition) is 0. The normalized spacial score (nSPS) is 11.6. The van der Waals surface area contributed by atoms with E-state index in [1.807, 2.05) is 12.1 Å². The van der Waals surface area contributed by atoms with Gasteiger partial charge in [0.25, 0.3) is 0 Å². The van der Waals surface area contributed by atoms with Gasteiger partial charge < -0.3 is 0 Å². The standard InChI is InChI=1S/C36H22N2S/c1-3-12-23(13-4-1)30-22-31(24-14-5-2-6-15-24)38-36(37-30)35-34-29-19-10-9-18-27(29)25-16-7-8-17-26(25)28-20-11-21-32(39-35)33(28)34/h1-22H. The second-order valence-corrected chi connectivity index (χ2v) is 10.8. The second-order valence-electron chi connectivity index (χ2n) is 9.77. The molecule has 0 N–H and O–H groups in total. The molecule has 39 heavy (non-hydrogen) atoms. The van der Waals surface area contributed by atoms with E-state index in [1.54, 1.807) is 11.3 Å². The van der Waals surface area contributed by atoms with Crippen LogP contribution in [0.25, 0.3) is 76.7 Å². The van der Waals surface area contributed by atoms with Gasteiger partial charge in [0.1, 0.15) is 0 Å². The third kappa shape index (κ3) is 3.55. The molecule has 0 spiro atoms. The van der Waals surface area contributed by atoms with Crippen molar-refractivity contribution in [1.82, 2.24) is 9.97 Å². The molecule has 8 rings (SSSR count). The van der Waals surface area contributed by atoms with Crippen LogP contribution in [-0.4, -0.2) is 9.97 Å². The van der Waals surface area contributed by atoms with Gasteiger partial charge in [0, 0.05) is 26.8 Å². The predicted octanol–water partition coefficient (Wildman–Crippen LogP) is 10.0. The van der Waals surface area contributed by atoms with Crippen LogP contribution >= 0.6 is 11.3 Å². The lowest BCUT2D eigenvalue weighted by Gasteiger charge is -2.12. The Bertz CT molecular complexity index is 1950. The Labute approximate surface area is 230 Å².